The van der Waals surface area contributed by atoms with Gasteiger partial charge in [0, 0.05) is 12.6 Å². The molecular weight excluding hydrogens is 380 g/mol. The Balaban J connectivity index is 1.56. The minimum Gasteiger partial charge on any atom is -0.490 e. The summed E-state index contributed by atoms with van der Waals surface area (Å²) >= 11 is 0. The highest BCUT2D eigenvalue weighted by Gasteiger charge is 2.05. The topological polar surface area (TPSA) is 78.3 Å². The van der Waals surface area contributed by atoms with Gasteiger partial charge in [-0.25, -0.2) is 9.67 Å². The van der Waals surface area contributed by atoms with Crippen molar-refractivity contribution < 1.29 is 14.3 Å². The van der Waals surface area contributed by atoms with Crippen molar-refractivity contribution in [3.05, 3.63) is 77.9 Å². The molecule has 0 saturated heterocycles. The number of benzene rings is 2. The molecule has 2 aromatic carbocycles. The van der Waals surface area contributed by atoms with Crippen molar-refractivity contribution in [2.75, 3.05) is 13.2 Å². The molecule has 3 rings (SSSR count). The minimum atomic E-state index is -0.163. The Bertz CT molecular complexity index is 984. The van der Waals surface area contributed by atoms with E-state index in [1.165, 1.54) is 12.4 Å². The van der Waals surface area contributed by atoms with Crippen LogP contribution >= 0.6 is 0 Å². The Hall–Kier alpha value is -3.61. The fraction of sp³-hybridized carbons (Fsp3) is 0.261. The smallest absolute Gasteiger partial charge is 0.244 e. The Morgan fingerprint density at radius 2 is 1.87 bits per heavy atom. The molecule has 0 radical (unpaired) electrons. The van der Waals surface area contributed by atoms with Gasteiger partial charge in [0.1, 0.15) is 12.7 Å². The van der Waals surface area contributed by atoms with E-state index in [9.17, 15) is 4.79 Å². The monoisotopic (exact) mass is 406 g/mol. The predicted molar refractivity (Wildman–Crippen MR) is 115 cm³/mol. The summed E-state index contributed by atoms with van der Waals surface area (Å²) in [6.07, 6.45) is 6.47. The molecule has 7 nitrogen and oxygen atoms in total. The Kier molecular flexibility index (Phi) is 7.60. The number of nitrogens with one attached hydrogen (secondary N) is 1. The first-order valence-electron chi connectivity index (χ1n) is 9.93. The summed E-state index contributed by atoms with van der Waals surface area (Å²) in [6, 6.07) is 13.6. The van der Waals surface area contributed by atoms with Crippen LogP contribution in [0, 0.1) is 0 Å². The number of hydrogen-bond donors (Lipinski definition) is 1. The third-order valence-electron chi connectivity index (χ3n) is 4.26. The zero-order valence-corrected chi connectivity index (χ0v) is 17.2. The second kappa shape index (κ2) is 10.8. The lowest BCUT2D eigenvalue weighted by molar-refractivity contribution is -0.116. The molecule has 0 unspecified atom stereocenters. The summed E-state index contributed by atoms with van der Waals surface area (Å²) in [7, 11) is 0. The summed E-state index contributed by atoms with van der Waals surface area (Å²) in [5.41, 5.74) is 2.99. The molecule has 0 fully saturated rings. The maximum atomic E-state index is 12.2. The summed E-state index contributed by atoms with van der Waals surface area (Å²) in [6.45, 7) is 6.05. The molecule has 0 spiro atoms. The maximum absolute atomic E-state index is 12.2. The number of ether oxygens (including phenoxy) is 2. The van der Waals surface area contributed by atoms with Crippen LogP contribution in [0.4, 0.5) is 0 Å². The zero-order chi connectivity index (χ0) is 21.2. The van der Waals surface area contributed by atoms with Gasteiger partial charge in [0.05, 0.1) is 19.8 Å². The zero-order valence-electron chi connectivity index (χ0n) is 17.2. The molecule has 1 N–H and O–H groups in total. The van der Waals surface area contributed by atoms with Crippen molar-refractivity contribution in [3.8, 4) is 11.5 Å². The average molecular weight is 406 g/mol. The molecule has 1 heterocycles. The number of carbonyl (C=O) groups is 1. The summed E-state index contributed by atoms with van der Waals surface area (Å²) < 4.78 is 12.9. The van der Waals surface area contributed by atoms with Gasteiger partial charge in [-0.3, -0.25) is 4.79 Å². The highest BCUT2D eigenvalue weighted by atomic mass is 16.5. The minimum absolute atomic E-state index is 0.163. The van der Waals surface area contributed by atoms with Crippen LogP contribution in [0.1, 0.15) is 30.5 Å². The standard InChI is InChI=1S/C23H26N4O3/c1-3-29-21-10-8-18(13-22(21)30-4-2)9-11-23(28)25-14-19-6-5-7-20(12-19)15-27-17-24-16-26-27/h5-13,16-17H,3-4,14-15H2,1-2H3,(H,25,28). The molecule has 0 aliphatic carbocycles. The van der Waals surface area contributed by atoms with E-state index in [0.717, 1.165) is 16.7 Å². The molecule has 0 bridgehead atoms. The average Bonchev–Trinajstić information content (AvgIpc) is 3.26. The van der Waals surface area contributed by atoms with E-state index in [1.807, 2.05) is 56.3 Å². The van der Waals surface area contributed by atoms with Crippen LogP contribution in [-0.4, -0.2) is 33.9 Å². The van der Waals surface area contributed by atoms with Crippen LogP contribution < -0.4 is 14.8 Å². The Morgan fingerprint density at radius 1 is 1.07 bits per heavy atom. The molecule has 3 aromatic rings. The van der Waals surface area contributed by atoms with Crippen molar-refractivity contribution in [2.45, 2.75) is 26.9 Å². The second-order valence-corrected chi connectivity index (χ2v) is 6.54. The molecule has 30 heavy (non-hydrogen) atoms. The van der Waals surface area contributed by atoms with Gasteiger partial charge in [-0.2, -0.15) is 5.10 Å². The van der Waals surface area contributed by atoms with E-state index in [2.05, 4.69) is 15.4 Å². The number of hydrogen-bond acceptors (Lipinski definition) is 5. The first-order chi connectivity index (χ1) is 14.7. The van der Waals surface area contributed by atoms with Gasteiger partial charge < -0.3 is 14.8 Å². The SMILES string of the molecule is CCOc1ccc(C=CC(=O)NCc2cccc(Cn3cncn3)c2)cc1OCC. The van der Waals surface area contributed by atoms with E-state index in [-0.39, 0.29) is 5.91 Å². The van der Waals surface area contributed by atoms with Gasteiger partial charge in [0.25, 0.3) is 0 Å². The quantitative estimate of drug-likeness (QED) is 0.522. The predicted octanol–water partition coefficient (Wildman–Crippen LogP) is 3.45. The van der Waals surface area contributed by atoms with Crippen LogP contribution in [0.5, 0.6) is 11.5 Å². The van der Waals surface area contributed by atoms with Crippen LogP contribution in [0.25, 0.3) is 6.08 Å². The fourth-order valence-corrected chi connectivity index (χ4v) is 2.93. The molecule has 0 aliphatic rings. The van der Waals surface area contributed by atoms with Crippen molar-refractivity contribution in [1.29, 1.82) is 0 Å². The van der Waals surface area contributed by atoms with E-state index in [0.29, 0.717) is 37.8 Å². The van der Waals surface area contributed by atoms with Crippen molar-refractivity contribution in [3.63, 3.8) is 0 Å². The third kappa shape index (κ3) is 6.20. The molecule has 0 atom stereocenters. The fourth-order valence-electron chi connectivity index (χ4n) is 2.93. The van der Waals surface area contributed by atoms with Gasteiger partial charge >= 0.3 is 0 Å². The van der Waals surface area contributed by atoms with E-state index >= 15 is 0 Å². The highest BCUT2D eigenvalue weighted by molar-refractivity contribution is 5.91. The summed E-state index contributed by atoms with van der Waals surface area (Å²) in [5.74, 6) is 1.21. The van der Waals surface area contributed by atoms with E-state index in [1.54, 1.807) is 17.1 Å². The number of aromatic nitrogens is 3. The number of carbonyl (C=O) groups excluding carboxylic acids is 1. The van der Waals surface area contributed by atoms with Gasteiger partial charge in [-0.1, -0.05) is 30.3 Å². The largest absolute Gasteiger partial charge is 0.490 e. The number of amides is 1. The maximum Gasteiger partial charge on any atom is 0.244 e. The van der Waals surface area contributed by atoms with Crippen molar-refractivity contribution in [2.24, 2.45) is 0 Å². The molecule has 0 saturated carbocycles. The molecular formula is C23H26N4O3. The highest BCUT2D eigenvalue weighted by Crippen LogP contribution is 2.29. The second-order valence-electron chi connectivity index (χ2n) is 6.54. The molecule has 156 valence electrons. The normalized spacial score (nSPS) is 10.9. The lowest BCUT2D eigenvalue weighted by Crippen LogP contribution is -2.20. The number of nitrogens with zero attached hydrogens (tertiary/aromatic N) is 3. The van der Waals surface area contributed by atoms with Gasteiger partial charge in [-0.15, -0.1) is 0 Å². The Morgan fingerprint density at radius 3 is 2.63 bits per heavy atom. The van der Waals surface area contributed by atoms with Crippen LogP contribution in [-0.2, 0) is 17.9 Å². The van der Waals surface area contributed by atoms with E-state index < -0.39 is 0 Å². The Labute approximate surface area is 176 Å². The van der Waals surface area contributed by atoms with Crippen LogP contribution in [0.15, 0.2) is 61.2 Å². The van der Waals surface area contributed by atoms with Crippen molar-refractivity contribution in [1.82, 2.24) is 20.1 Å². The molecule has 7 heteroatoms. The van der Waals surface area contributed by atoms with E-state index in [4.69, 9.17) is 9.47 Å². The molecule has 0 aliphatic heterocycles. The van der Waals surface area contributed by atoms with Gasteiger partial charge in [-0.05, 0) is 48.7 Å². The van der Waals surface area contributed by atoms with Gasteiger partial charge in [0.2, 0.25) is 5.91 Å². The third-order valence-corrected chi connectivity index (χ3v) is 4.26. The van der Waals surface area contributed by atoms with Crippen LogP contribution in [0.2, 0.25) is 0 Å². The number of rotatable bonds is 10. The first kappa shape index (κ1) is 21.1. The lowest BCUT2D eigenvalue weighted by atomic mass is 10.1. The van der Waals surface area contributed by atoms with Crippen molar-refractivity contribution >= 4 is 12.0 Å². The lowest BCUT2D eigenvalue weighted by Gasteiger charge is -2.11. The molecule has 1 aromatic heterocycles. The first-order valence-corrected chi connectivity index (χ1v) is 9.93. The van der Waals surface area contributed by atoms with Gasteiger partial charge in [0.15, 0.2) is 11.5 Å². The molecule has 1 amide bonds. The summed E-state index contributed by atoms with van der Waals surface area (Å²) in [5, 5.41) is 7.02. The summed E-state index contributed by atoms with van der Waals surface area (Å²) in [4.78, 5) is 16.2. The van der Waals surface area contributed by atoms with Crippen LogP contribution in [0.3, 0.4) is 0 Å².